The maximum Gasteiger partial charge on any atom is 0.132 e. The third kappa shape index (κ3) is 2.36. The fraction of sp³-hybridized carbons (Fsp3) is 0. The first-order valence-corrected chi connectivity index (χ1v) is 12.0. The largest absolute Gasteiger partial charge is 0.286 e. The second-order valence-corrected chi connectivity index (χ2v) is 20.4. The van der Waals surface area contributed by atoms with Crippen molar-refractivity contribution < 1.29 is 4.39 Å². The molecule has 1 heterocycles. The normalized spacial score (nSPS) is 11.4. The molecule has 0 atom stereocenters. The number of hydrogen-bond acceptors (Lipinski definition) is 1. The molecule has 0 bridgehead atoms. The van der Waals surface area contributed by atoms with E-state index in [-0.39, 0.29) is 8.23 Å². The van der Waals surface area contributed by atoms with E-state index in [1.54, 1.807) is 17.6 Å². The summed E-state index contributed by atoms with van der Waals surface area (Å²) in [6.45, 7) is 0. The van der Waals surface area contributed by atoms with Gasteiger partial charge in [0.25, 0.3) is 0 Å². The molecule has 0 saturated carbocycles. The van der Waals surface area contributed by atoms with Crippen LogP contribution in [0.25, 0.3) is 10.9 Å². The molecule has 1 aromatic heterocycles. The first-order valence-electron chi connectivity index (χ1n) is 3.74. The third-order valence-electron chi connectivity index (χ3n) is 1.79. The van der Waals surface area contributed by atoms with Crippen molar-refractivity contribution in [2.45, 2.75) is 0 Å². The summed E-state index contributed by atoms with van der Waals surface area (Å²) in [6, 6.07) is 7.01. The standard InChI is InChI=1S/C8H5FI2NPS/c9-7-2-1-3-8-6(7)4-5-12(8)14-13(10)11/h1-5H. The molecule has 0 spiro atoms. The van der Waals surface area contributed by atoms with Crippen molar-refractivity contribution in [3.05, 3.63) is 36.3 Å². The minimum atomic E-state index is -0.145. The van der Waals surface area contributed by atoms with Gasteiger partial charge in [-0.25, -0.2) is 4.39 Å². The van der Waals surface area contributed by atoms with Gasteiger partial charge in [0.1, 0.15) is 8.23 Å². The van der Waals surface area contributed by atoms with Crippen molar-refractivity contribution >= 4 is 69.0 Å². The molecular formula is C8H5FI2NPS. The quantitative estimate of drug-likeness (QED) is 0.439. The van der Waals surface area contributed by atoms with Crippen molar-refractivity contribution in [3.63, 3.8) is 0 Å². The molecule has 0 aliphatic carbocycles. The average Bonchev–Trinajstić information content (AvgIpc) is 2.49. The van der Waals surface area contributed by atoms with Crippen LogP contribution in [-0.4, -0.2) is 3.97 Å². The van der Waals surface area contributed by atoms with E-state index in [1.807, 2.05) is 22.3 Å². The van der Waals surface area contributed by atoms with Crippen LogP contribution in [-0.2, 0) is 0 Å². The van der Waals surface area contributed by atoms with Gasteiger partial charge in [-0.15, -0.1) is 0 Å². The summed E-state index contributed by atoms with van der Waals surface area (Å²) in [5, 5.41) is 0.699. The zero-order chi connectivity index (χ0) is 10.1. The summed E-state index contributed by atoms with van der Waals surface area (Å²) in [4.78, 5) is 0. The van der Waals surface area contributed by atoms with Crippen LogP contribution in [0.15, 0.2) is 30.5 Å². The van der Waals surface area contributed by atoms with E-state index in [4.69, 9.17) is 0 Å². The van der Waals surface area contributed by atoms with E-state index in [1.165, 1.54) is 6.07 Å². The minimum absolute atomic E-state index is 0.137. The topological polar surface area (TPSA) is 4.93 Å². The predicted octanol–water partition coefficient (Wildman–Crippen LogP) is 5.37. The van der Waals surface area contributed by atoms with Gasteiger partial charge in [0, 0.05) is 23.2 Å². The van der Waals surface area contributed by atoms with E-state index in [9.17, 15) is 4.39 Å². The molecule has 2 aromatic rings. The van der Waals surface area contributed by atoms with Crippen LogP contribution in [0.4, 0.5) is 4.39 Å². The highest BCUT2D eigenvalue weighted by Crippen LogP contribution is 2.65. The molecule has 0 amide bonds. The second-order valence-electron chi connectivity index (χ2n) is 2.60. The van der Waals surface area contributed by atoms with Crippen molar-refractivity contribution in [1.29, 1.82) is 0 Å². The highest BCUT2D eigenvalue weighted by atomic mass is 127. The molecule has 0 aliphatic rings. The van der Waals surface area contributed by atoms with Gasteiger partial charge >= 0.3 is 0 Å². The Labute approximate surface area is 112 Å². The molecule has 0 radical (unpaired) electrons. The molecule has 0 aliphatic heterocycles. The van der Waals surface area contributed by atoms with Crippen LogP contribution in [0.3, 0.4) is 0 Å². The van der Waals surface area contributed by atoms with Gasteiger partial charge in [-0.1, -0.05) is 6.07 Å². The molecule has 0 fully saturated rings. The van der Waals surface area contributed by atoms with Crippen molar-refractivity contribution in [2.24, 2.45) is 0 Å². The summed E-state index contributed by atoms with van der Waals surface area (Å²) < 4.78 is 15.2. The number of nitrogens with zero attached hydrogens (tertiary/aromatic N) is 1. The maximum absolute atomic E-state index is 13.3. The molecule has 0 N–H and O–H groups in total. The monoisotopic (exact) mass is 451 g/mol. The van der Waals surface area contributed by atoms with Crippen molar-refractivity contribution in [3.8, 4) is 0 Å². The number of fused-ring (bicyclic) bond motifs is 1. The molecule has 74 valence electrons. The fourth-order valence-corrected chi connectivity index (χ4v) is 5.98. The van der Waals surface area contributed by atoms with Gasteiger partial charge in [0.15, 0.2) is 0 Å². The van der Waals surface area contributed by atoms with E-state index < -0.39 is 0 Å². The Hall–Kier alpha value is 0.930. The van der Waals surface area contributed by atoms with E-state index in [2.05, 4.69) is 44.1 Å². The first kappa shape index (κ1) is 11.4. The third-order valence-corrected chi connectivity index (χ3v) is 6.48. The van der Waals surface area contributed by atoms with Crippen LogP contribution in [0, 0.1) is 5.82 Å². The Kier molecular flexibility index (Phi) is 3.95. The van der Waals surface area contributed by atoms with E-state index >= 15 is 0 Å². The molecule has 0 saturated heterocycles. The van der Waals surface area contributed by atoms with Gasteiger partial charge < -0.3 is 0 Å². The Bertz CT molecular complexity index is 460. The maximum atomic E-state index is 13.3. The lowest BCUT2D eigenvalue weighted by atomic mass is 10.2. The van der Waals surface area contributed by atoms with Crippen molar-refractivity contribution in [2.75, 3.05) is 0 Å². The van der Waals surface area contributed by atoms with Crippen LogP contribution < -0.4 is 0 Å². The fourth-order valence-electron chi connectivity index (χ4n) is 1.24. The summed E-state index contributed by atoms with van der Waals surface area (Å²) in [5.41, 5.74) is 0.954. The molecule has 6 heteroatoms. The van der Waals surface area contributed by atoms with Crippen molar-refractivity contribution in [1.82, 2.24) is 3.97 Å². The zero-order valence-corrected chi connectivity index (χ0v) is 12.8. The van der Waals surface area contributed by atoms with E-state index in [0.29, 0.717) is 5.39 Å². The van der Waals surface area contributed by atoms with Gasteiger partial charge in [0.05, 0.1) is 5.52 Å². The van der Waals surface area contributed by atoms with Crippen LogP contribution >= 0.6 is 58.1 Å². The minimum Gasteiger partial charge on any atom is -0.286 e. The zero-order valence-electron chi connectivity index (χ0n) is 6.82. The van der Waals surface area contributed by atoms with E-state index in [0.717, 1.165) is 5.52 Å². The molecule has 1 aromatic carbocycles. The molecule has 2 rings (SSSR count). The number of halogens is 3. The number of aromatic nitrogens is 1. The number of rotatable bonds is 2. The lowest BCUT2D eigenvalue weighted by Crippen LogP contribution is -1.80. The highest BCUT2D eigenvalue weighted by molar-refractivity contribution is 14.3. The Balaban J connectivity index is 2.52. The number of hydrogen-bond donors (Lipinski definition) is 0. The summed E-state index contributed by atoms with van der Waals surface area (Å²) in [7, 11) is 0. The molecule has 0 unspecified atom stereocenters. The van der Waals surface area contributed by atoms with Gasteiger partial charge in [-0.05, 0) is 62.3 Å². The SMILES string of the molecule is Fc1cccc2c1ccn2SP(I)I. The van der Waals surface area contributed by atoms with Crippen LogP contribution in [0.5, 0.6) is 0 Å². The van der Waals surface area contributed by atoms with Crippen LogP contribution in [0.1, 0.15) is 0 Å². The smallest absolute Gasteiger partial charge is 0.132 e. The lowest BCUT2D eigenvalue weighted by molar-refractivity contribution is 0.640. The van der Waals surface area contributed by atoms with Gasteiger partial charge in [0.2, 0.25) is 0 Å². The second kappa shape index (κ2) is 4.84. The highest BCUT2D eigenvalue weighted by Gasteiger charge is 2.07. The first-order chi connectivity index (χ1) is 6.68. The lowest BCUT2D eigenvalue weighted by Gasteiger charge is -2.03. The summed E-state index contributed by atoms with van der Waals surface area (Å²) >= 11 is 6.50. The Morgan fingerprint density at radius 2 is 2.07 bits per heavy atom. The average molecular weight is 451 g/mol. The molecular weight excluding hydrogens is 446 g/mol. The Morgan fingerprint density at radius 3 is 2.79 bits per heavy atom. The van der Waals surface area contributed by atoms with Crippen LogP contribution in [0.2, 0.25) is 0 Å². The predicted molar refractivity (Wildman–Crippen MR) is 79.8 cm³/mol. The Morgan fingerprint density at radius 1 is 1.29 bits per heavy atom. The van der Waals surface area contributed by atoms with Gasteiger partial charge in [-0.3, -0.25) is 3.97 Å². The molecule has 1 nitrogen and oxygen atoms in total. The summed E-state index contributed by atoms with van der Waals surface area (Å²) in [5.74, 6) is -0.145. The summed E-state index contributed by atoms with van der Waals surface area (Å²) in [6.07, 6.45) is 1.92. The molecule has 14 heavy (non-hydrogen) atoms. The van der Waals surface area contributed by atoms with Gasteiger partial charge in [-0.2, -0.15) is 0 Å². The number of benzene rings is 1.